The van der Waals surface area contributed by atoms with E-state index in [2.05, 4.69) is 31.8 Å². The second kappa shape index (κ2) is 5.17. The molecule has 0 aromatic heterocycles. The lowest BCUT2D eigenvalue weighted by atomic mass is 9.92. The second-order valence-electron chi connectivity index (χ2n) is 6.21. The summed E-state index contributed by atoms with van der Waals surface area (Å²) in [5.74, 6) is 0.728. The van der Waals surface area contributed by atoms with Gasteiger partial charge in [0.05, 0.1) is 0 Å². The van der Waals surface area contributed by atoms with Gasteiger partial charge in [0.1, 0.15) is 0 Å². The predicted octanol–water partition coefficient (Wildman–Crippen LogP) is 3.14. The first-order chi connectivity index (χ1) is 7.30. The standard InChI is InChI=1S/C13H25NOSi/c1-14(2)13(15)10-11-7-6-8-12(9-11)16(3,4)5/h6-7,11-12H,8-10H2,1-5H3/t11-,12+/m1/s1. The van der Waals surface area contributed by atoms with Crippen molar-refractivity contribution in [3.63, 3.8) is 0 Å². The Hall–Kier alpha value is -0.573. The Labute approximate surface area is 101 Å². The van der Waals surface area contributed by atoms with Gasteiger partial charge < -0.3 is 4.90 Å². The highest BCUT2D eigenvalue weighted by atomic mass is 28.3. The van der Waals surface area contributed by atoms with E-state index in [9.17, 15) is 4.79 Å². The lowest BCUT2D eigenvalue weighted by molar-refractivity contribution is -0.129. The van der Waals surface area contributed by atoms with Crippen LogP contribution in [0.5, 0.6) is 0 Å². The largest absolute Gasteiger partial charge is 0.349 e. The number of carbonyl (C=O) groups is 1. The average molecular weight is 239 g/mol. The van der Waals surface area contributed by atoms with Gasteiger partial charge in [0.2, 0.25) is 5.91 Å². The van der Waals surface area contributed by atoms with Gasteiger partial charge in [-0.05, 0) is 24.3 Å². The smallest absolute Gasteiger partial charge is 0.222 e. The third kappa shape index (κ3) is 3.78. The lowest BCUT2D eigenvalue weighted by Gasteiger charge is -2.33. The highest BCUT2D eigenvalue weighted by Gasteiger charge is 2.30. The van der Waals surface area contributed by atoms with Crippen molar-refractivity contribution in [2.75, 3.05) is 14.1 Å². The minimum atomic E-state index is -1.05. The molecular formula is C13H25NOSi. The molecule has 92 valence electrons. The summed E-state index contributed by atoms with van der Waals surface area (Å²) >= 11 is 0. The van der Waals surface area contributed by atoms with E-state index in [4.69, 9.17) is 0 Å². The summed E-state index contributed by atoms with van der Waals surface area (Å²) in [4.78, 5) is 13.4. The fourth-order valence-corrected chi connectivity index (χ4v) is 4.09. The van der Waals surface area contributed by atoms with E-state index in [-0.39, 0.29) is 5.91 Å². The first-order valence-corrected chi connectivity index (χ1v) is 9.75. The molecule has 0 N–H and O–H groups in total. The van der Waals surface area contributed by atoms with E-state index in [1.54, 1.807) is 4.90 Å². The number of allylic oxidation sites excluding steroid dienone is 2. The van der Waals surface area contributed by atoms with Crippen molar-refractivity contribution in [1.82, 2.24) is 4.90 Å². The van der Waals surface area contributed by atoms with Crippen LogP contribution in [0.25, 0.3) is 0 Å². The molecule has 1 aliphatic rings. The van der Waals surface area contributed by atoms with Crippen LogP contribution in [0.3, 0.4) is 0 Å². The molecule has 16 heavy (non-hydrogen) atoms. The van der Waals surface area contributed by atoms with E-state index >= 15 is 0 Å². The van der Waals surface area contributed by atoms with E-state index in [0.29, 0.717) is 12.3 Å². The highest BCUT2D eigenvalue weighted by Crippen LogP contribution is 2.37. The maximum Gasteiger partial charge on any atom is 0.222 e. The minimum absolute atomic E-state index is 0.255. The molecule has 0 heterocycles. The number of nitrogens with zero attached hydrogens (tertiary/aromatic N) is 1. The summed E-state index contributed by atoms with van der Waals surface area (Å²) in [5, 5.41) is 0. The fraction of sp³-hybridized carbons (Fsp3) is 0.769. The van der Waals surface area contributed by atoms with Crippen LogP contribution in [0.15, 0.2) is 12.2 Å². The molecule has 0 aliphatic heterocycles. The van der Waals surface area contributed by atoms with Crippen LogP contribution in [0, 0.1) is 5.92 Å². The lowest BCUT2D eigenvalue weighted by Crippen LogP contribution is -2.32. The van der Waals surface area contributed by atoms with E-state index in [0.717, 1.165) is 5.54 Å². The quantitative estimate of drug-likeness (QED) is 0.547. The van der Waals surface area contributed by atoms with Crippen LogP contribution in [0.2, 0.25) is 25.2 Å². The maximum absolute atomic E-state index is 11.7. The third-order valence-corrected chi connectivity index (χ3v) is 6.50. The zero-order valence-corrected chi connectivity index (χ0v) is 12.3. The van der Waals surface area contributed by atoms with Crippen LogP contribution in [0.1, 0.15) is 19.3 Å². The van der Waals surface area contributed by atoms with Gasteiger partial charge in [-0.15, -0.1) is 0 Å². The monoisotopic (exact) mass is 239 g/mol. The third-order valence-electron chi connectivity index (χ3n) is 3.58. The summed E-state index contributed by atoms with van der Waals surface area (Å²) in [7, 11) is 2.62. The molecule has 0 radical (unpaired) electrons. The zero-order valence-electron chi connectivity index (χ0n) is 11.3. The Balaban J connectivity index is 2.55. The summed E-state index contributed by atoms with van der Waals surface area (Å²) in [6, 6.07) is 0. The summed E-state index contributed by atoms with van der Waals surface area (Å²) in [6.07, 6.45) is 7.66. The Morgan fingerprint density at radius 2 is 2.00 bits per heavy atom. The summed E-state index contributed by atoms with van der Waals surface area (Å²) in [5.41, 5.74) is 0.845. The zero-order chi connectivity index (χ0) is 12.3. The molecule has 3 heteroatoms. The van der Waals surface area contributed by atoms with Gasteiger partial charge in [-0.1, -0.05) is 31.8 Å². The first-order valence-electron chi connectivity index (χ1n) is 6.17. The van der Waals surface area contributed by atoms with E-state index < -0.39 is 8.07 Å². The number of hydrogen-bond acceptors (Lipinski definition) is 1. The molecule has 0 aromatic carbocycles. The average Bonchev–Trinajstić information content (AvgIpc) is 2.16. The fourth-order valence-electron chi connectivity index (χ4n) is 2.24. The van der Waals surface area contributed by atoms with Crippen molar-refractivity contribution in [1.29, 1.82) is 0 Å². The van der Waals surface area contributed by atoms with E-state index in [1.807, 2.05) is 14.1 Å². The minimum Gasteiger partial charge on any atom is -0.349 e. The van der Waals surface area contributed by atoms with Gasteiger partial charge in [0, 0.05) is 28.6 Å². The van der Waals surface area contributed by atoms with Crippen LogP contribution < -0.4 is 0 Å². The van der Waals surface area contributed by atoms with Gasteiger partial charge in [-0.3, -0.25) is 4.79 Å². The summed E-state index contributed by atoms with van der Waals surface area (Å²) in [6.45, 7) is 7.30. The number of carbonyl (C=O) groups excluding carboxylic acids is 1. The van der Waals surface area contributed by atoms with Crippen molar-refractivity contribution >= 4 is 14.0 Å². The second-order valence-corrected chi connectivity index (χ2v) is 11.8. The van der Waals surface area contributed by atoms with Crippen molar-refractivity contribution in [3.05, 3.63) is 12.2 Å². The van der Waals surface area contributed by atoms with Gasteiger partial charge in [-0.2, -0.15) is 0 Å². The molecule has 0 unspecified atom stereocenters. The normalized spacial score (nSPS) is 25.6. The molecule has 0 aromatic rings. The van der Waals surface area contributed by atoms with E-state index in [1.165, 1.54) is 12.8 Å². The van der Waals surface area contributed by atoms with Crippen LogP contribution in [0.4, 0.5) is 0 Å². The van der Waals surface area contributed by atoms with Gasteiger partial charge in [0.25, 0.3) is 0 Å². The first kappa shape index (κ1) is 13.5. The molecule has 0 saturated heterocycles. The Morgan fingerprint density at radius 3 is 2.50 bits per heavy atom. The molecular weight excluding hydrogens is 214 g/mol. The highest BCUT2D eigenvalue weighted by molar-refractivity contribution is 6.77. The van der Waals surface area contributed by atoms with Crippen LogP contribution in [-0.4, -0.2) is 33.0 Å². The molecule has 0 bridgehead atoms. The Kier molecular flexibility index (Phi) is 4.36. The number of hydrogen-bond donors (Lipinski definition) is 0. The van der Waals surface area contributed by atoms with Crippen molar-refractivity contribution < 1.29 is 4.79 Å². The molecule has 1 rings (SSSR count). The van der Waals surface area contributed by atoms with Crippen molar-refractivity contribution in [2.24, 2.45) is 5.92 Å². The maximum atomic E-state index is 11.7. The number of amides is 1. The Morgan fingerprint density at radius 1 is 1.38 bits per heavy atom. The molecule has 0 fully saturated rings. The molecule has 2 atom stereocenters. The van der Waals surface area contributed by atoms with Crippen LogP contribution in [-0.2, 0) is 4.79 Å². The SMILES string of the molecule is CN(C)C(=O)C[C@@H]1C=CC[C@H]([Si](C)(C)C)C1. The summed E-state index contributed by atoms with van der Waals surface area (Å²) < 4.78 is 0. The van der Waals surface area contributed by atoms with Gasteiger partial charge >= 0.3 is 0 Å². The van der Waals surface area contributed by atoms with Crippen LogP contribution >= 0.6 is 0 Å². The van der Waals surface area contributed by atoms with Gasteiger partial charge in [0.15, 0.2) is 0 Å². The Bertz CT molecular complexity index is 278. The van der Waals surface area contributed by atoms with Crippen molar-refractivity contribution in [2.45, 2.75) is 44.4 Å². The molecule has 1 aliphatic carbocycles. The number of rotatable bonds is 3. The topological polar surface area (TPSA) is 20.3 Å². The molecule has 2 nitrogen and oxygen atoms in total. The molecule has 1 amide bonds. The van der Waals surface area contributed by atoms with Crippen molar-refractivity contribution in [3.8, 4) is 0 Å². The predicted molar refractivity (Wildman–Crippen MR) is 72.3 cm³/mol. The molecule has 0 spiro atoms. The van der Waals surface area contributed by atoms with Gasteiger partial charge in [-0.25, -0.2) is 0 Å². The molecule has 0 saturated carbocycles.